The monoisotopic (exact) mass is 178 g/mol. The van der Waals surface area contributed by atoms with E-state index in [-0.39, 0.29) is 0 Å². The zero-order chi connectivity index (χ0) is 9.68. The van der Waals surface area contributed by atoms with Crippen molar-refractivity contribution in [2.45, 2.75) is 6.42 Å². The summed E-state index contributed by atoms with van der Waals surface area (Å²) in [5.74, 6) is 0. The Morgan fingerprint density at radius 3 is 2.38 bits per heavy atom. The van der Waals surface area contributed by atoms with Crippen molar-refractivity contribution < 1.29 is 5.21 Å². The third kappa shape index (κ3) is 2.78. The van der Waals surface area contributed by atoms with Crippen LogP contribution in [0.5, 0.6) is 0 Å². The first-order valence-corrected chi connectivity index (χ1v) is 4.16. The van der Waals surface area contributed by atoms with Crippen molar-refractivity contribution in [3.8, 4) is 0 Å². The van der Waals surface area contributed by atoms with Gasteiger partial charge in [0.15, 0.2) is 0 Å². The highest BCUT2D eigenvalue weighted by Crippen LogP contribution is 2.11. The van der Waals surface area contributed by atoms with Crippen molar-refractivity contribution in [3.63, 3.8) is 0 Å². The molecular formula is C10H14N2O. The first kappa shape index (κ1) is 9.58. The van der Waals surface area contributed by atoms with Crippen LogP contribution in [0.1, 0.15) is 5.56 Å². The van der Waals surface area contributed by atoms with Gasteiger partial charge in [-0.3, -0.25) is 0 Å². The van der Waals surface area contributed by atoms with E-state index in [2.05, 4.69) is 5.16 Å². The van der Waals surface area contributed by atoms with E-state index >= 15 is 0 Å². The van der Waals surface area contributed by atoms with Gasteiger partial charge in [0.25, 0.3) is 0 Å². The van der Waals surface area contributed by atoms with Crippen LogP contribution in [0.3, 0.4) is 0 Å². The molecule has 13 heavy (non-hydrogen) atoms. The maximum atomic E-state index is 8.23. The molecule has 0 fully saturated rings. The van der Waals surface area contributed by atoms with E-state index in [1.807, 2.05) is 43.3 Å². The predicted molar refractivity (Wildman–Crippen MR) is 54.8 cm³/mol. The van der Waals surface area contributed by atoms with E-state index in [9.17, 15) is 0 Å². The van der Waals surface area contributed by atoms with Gasteiger partial charge in [-0.1, -0.05) is 12.1 Å². The minimum Gasteiger partial charge on any atom is -0.411 e. The summed E-state index contributed by atoms with van der Waals surface area (Å²) in [7, 11) is 4.01. The summed E-state index contributed by atoms with van der Waals surface area (Å²) < 4.78 is 0. The van der Waals surface area contributed by atoms with Crippen molar-refractivity contribution in [3.05, 3.63) is 29.8 Å². The molecule has 0 aliphatic carbocycles. The zero-order valence-electron chi connectivity index (χ0n) is 7.94. The molecule has 0 radical (unpaired) electrons. The second-order valence-corrected chi connectivity index (χ2v) is 3.06. The van der Waals surface area contributed by atoms with Crippen LogP contribution in [0.2, 0.25) is 0 Å². The number of rotatable bonds is 3. The zero-order valence-corrected chi connectivity index (χ0v) is 7.94. The summed E-state index contributed by atoms with van der Waals surface area (Å²) in [6, 6.07) is 8.13. The van der Waals surface area contributed by atoms with Crippen molar-refractivity contribution in [1.82, 2.24) is 0 Å². The van der Waals surface area contributed by atoms with Gasteiger partial charge >= 0.3 is 0 Å². The fourth-order valence-electron chi connectivity index (χ4n) is 1.08. The second kappa shape index (κ2) is 4.50. The molecule has 0 unspecified atom stereocenters. The summed E-state index contributed by atoms with van der Waals surface area (Å²) >= 11 is 0. The summed E-state index contributed by atoms with van der Waals surface area (Å²) in [6.07, 6.45) is 2.15. The maximum Gasteiger partial charge on any atom is 0.0479 e. The molecule has 1 rings (SSSR count). The van der Waals surface area contributed by atoms with Crippen LogP contribution < -0.4 is 4.90 Å². The number of oxime groups is 1. The predicted octanol–water partition coefficient (Wildman–Crippen LogP) is 1.76. The van der Waals surface area contributed by atoms with E-state index in [0.717, 1.165) is 5.56 Å². The lowest BCUT2D eigenvalue weighted by molar-refractivity contribution is 0.321. The minimum atomic E-state index is 0.671. The molecule has 0 heterocycles. The average Bonchev–Trinajstić information content (AvgIpc) is 2.15. The Kier molecular flexibility index (Phi) is 3.31. The number of hydrogen-bond acceptors (Lipinski definition) is 3. The molecule has 0 bridgehead atoms. The number of benzene rings is 1. The highest BCUT2D eigenvalue weighted by molar-refractivity contribution is 5.61. The fourth-order valence-corrected chi connectivity index (χ4v) is 1.08. The van der Waals surface area contributed by atoms with Gasteiger partial charge in [0.05, 0.1) is 0 Å². The Labute approximate surface area is 78.3 Å². The van der Waals surface area contributed by atoms with E-state index in [1.54, 1.807) is 0 Å². The van der Waals surface area contributed by atoms with E-state index < -0.39 is 0 Å². The fraction of sp³-hybridized carbons (Fsp3) is 0.300. The van der Waals surface area contributed by atoms with Crippen molar-refractivity contribution in [2.24, 2.45) is 5.16 Å². The number of nitrogens with zero attached hydrogens (tertiary/aromatic N) is 2. The largest absolute Gasteiger partial charge is 0.411 e. The molecule has 3 nitrogen and oxygen atoms in total. The maximum absolute atomic E-state index is 8.23. The third-order valence-electron chi connectivity index (χ3n) is 1.86. The summed E-state index contributed by atoms with van der Waals surface area (Å²) in [5, 5.41) is 11.2. The van der Waals surface area contributed by atoms with E-state index in [1.165, 1.54) is 11.9 Å². The molecule has 1 aromatic carbocycles. The van der Waals surface area contributed by atoms with Crippen LogP contribution in [0.4, 0.5) is 5.69 Å². The lowest BCUT2D eigenvalue weighted by Gasteiger charge is -2.11. The van der Waals surface area contributed by atoms with Crippen LogP contribution in [0.15, 0.2) is 29.4 Å². The number of anilines is 1. The van der Waals surface area contributed by atoms with E-state index in [4.69, 9.17) is 5.21 Å². The van der Waals surface area contributed by atoms with Crippen LogP contribution in [0, 0.1) is 0 Å². The molecule has 1 aromatic rings. The normalized spacial score (nSPS) is 10.6. The molecule has 0 amide bonds. The Morgan fingerprint density at radius 2 is 1.92 bits per heavy atom. The van der Waals surface area contributed by atoms with Gasteiger partial charge in [-0.25, -0.2) is 0 Å². The van der Waals surface area contributed by atoms with Crippen molar-refractivity contribution in [2.75, 3.05) is 19.0 Å². The quantitative estimate of drug-likeness (QED) is 0.435. The second-order valence-electron chi connectivity index (χ2n) is 3.06. The first-order valence-electron chi connectivity index (χ1n) is 4.16. The third-order valence-corrected chi connectivity index (χ3v) is 1.86. The molecule has 0 saturated heterocycles. The first-order chi connectivity index (χ1) is 6.24. The lowest BCUT2D eigenvalue weighted by Crippen LogP contribution is -2.08. The van der Waals surface area contributed by atoms with Gasteiger partial charge < -0.3 is 10.1 Å². The van der Waals surface area contributed by atoms with Gasteiger partial charge in [-0.15, -0.1) is 5.16 Å². The Morgan fingerprint density at radius 1 is 1.31 bits per heavy atom. The van der Waals surface area contributed by atoms with Crippen LogP contribution in [0.25, 0.3) is 0 Å². The highest BCUT2D eigenvalue weighted by atomic mass is 16.4. The summed E-state index contributed by atoms with van der Waals surface area (Å²) in [5.41, 5.74) is 2.31. The summed E-state index contributed by atoms with van der Waals surface area (Å²) in [4.78, 5) is 2.05. The average molecular weight is 178 g/mol. The van der Waals surface area contributed by atoms with Crippen LogP contribution in [-0.4, -0.2) is 25.5 Å². The number of hydrogen-bond donors (Lipinski definition) is 1. The molecule has 0 spiro atoms. The lowest BCUT2D eigenvalue weighted by atomic mass is 10.1. The molecule has 0 aliphatic heterocycles. The molecule has 0 aliphatic rings. The molecule has 0 saturated carbocycles. The van der Waals surface area contributed by atoms with Gasteiger partial charge in [0, 0.05) is 32.4 Å². The Balaban J connectivity index is 2.69. The molecule has 0 aromatic heterocycles. The van der Waals surface area contributed by atoms with Crippen LogP contribution in [-0.2, 0) is 6.42 Å². The Bertz CT molecular complexity index is 277. The van der Waals surface area contributed by atoms with Gasteiger partial charge in [0.2, 0.25) is 0 Å². The van der Waals surface area contributed by atoms with E-state index in [0.29, 0.717) is 6.42 Å². The van der Waals surface area contributed by atoms with Crippen LogP contribution >= 0.6 is 0 Å². The van der Waals surface area contributed by atoms with Gasteiger partial charge in [0.1, 0.15) is 0 Å². The molecular weight excluding hydrogens is 164 g/mol. The van der Waals surface area contributed by atoms with Crippen molar-refractivity contribution in [1.29, 1.82) is 0 Å². The molecule has 3 heteroatoms. The topological polar surface area (TPSA) is 35.8 Å². The standard InChI is InChI=1S/C10H14N2O/c1-12(2)10-5-3-9(4-6-10)7-8-11-13/h3-6,8,13H,7H2,1-2H3/b11-8-. The minimum absolute atomic E-state index is 0.671. The summed E-state index contributed by atoms with van der Waals surface area (Å²) in [6.45, 7) is 0. The molecule has 70 valence electrons. The molecule has 1 N–H and O–H groups in total. The Hall–Kier alpha value is -1.51. The highest BCUT2D eigenvalue weighted by Gasteiger charge is 1.94. The van der Waals surface area contributed by atoms with Crippen molar-refractivity contribution >= 4 is 11.9 Å². The SMILES string of the molecule is CN(C)c1ccc(C/C=N\O)cc1. The van der Waals surface area contributed by atoms with Gasteiger partial charge in [-0.05, 0) is 17.7 Å². The van der Waals surface area contributed by atoms with Gasteiger partial charge in [-0.2, -0.15) is 0 Å². The smallest absolute Gasteiger partial charge is 0.0479 e. The molecule has 0 atom stereocenters.